The van der Waals surface area contributed by atoms with Gasteiger partial charge in [0.2, 0.25) is 11.4 Å². The molecule has 0 aliphatic carbocycles. The summed E-state index contributed by atoms with van der Waals surface area (Å²) in [6, 6.07) is 5.69. The lowest BCUT2D eigenvalue weighted by Gasteiger charge is -2.14. The number of sulfonamides is 1. The molecule has 0 saturated heterocycles. The molecule has 160 valence electrons. The Morgan fingerprint density at radius 3 is 2.63 bits per heavy atom. The van der Waals surface area contributed by atoms with Crippen LogP contribution in [0.4, 0.5) is 18.9 Å². The predicted molar refractivity (Wildman–Crippen MR) is 103 cm³/mol. The van der Waals surface area contributed by atoms with Gasteiger partial charge in [-0.2, -0.15) is 4.98 Å². The number of alkyl halides is 2. The number of anilines is 1. The fraction of sp³-hybridized carbons (Fsp3) is 0.176. The molecule has 0 bridgehead atoms. The fourth-order valence-electron chi connectivity index (χ4n) is 2.55. The third-order valence-electron chi connectivity index (χ3n) is 3.75. The molecule has 0 aliphatic heterocycles. The minimum atomic E-state index is -4.42. The lowest BCUT2D eigenvalue weighted by atomic mass is 10.2. The van der Waals surface area contributed by atoms with E-state index in [1.807, 2.05) is 0 Å². The first-order valence-electron chi connectivity index (χ1n) is 8.11. The van der Waals surface area contributed by atoms with Crippen molar-refractivity contribution in [3.63, 3.8) is 0 Å². The highest BCUT2D eigenvalue weighted by Crippen LogP contribution is 2.31. The first-order valence-corrected chi connectivity index (χ1v) is 9.97. The number of rotatable bonds is 7. The molecular formula is C17H13ClF3N3O5S. The molecule has 30 heavy (non-hydrogen) atoms. The van der Waals surface area contributed by atoms with Gasteiger partial charge >= 0.3 is 0 Å². The maximum Gasteiger partial charge on any atom is 0.272 e. The quantitative estimate of drug-likeness (QED) is 0.557. The Labute approximate surface area is 172 Å². The summed E-state index contributed by atoms with van der Waals surface area (Å²) in [5.74, 6) is -2.41. The van der Waals surface area contributed by atoms with Crippen molar-refractivity contribution < 1.29 is 31.1 Å². The van der Waals surface area contributed by atoms with Crippen LogP contribution in [0, 0.1) is 5.82 Å². The van der Waals surface area contributed by atoms with Crippen molar-refractivity contribution in [1.82, 2.24) is 9.97 Å². The number of pyridine rings is 2. The smallest absolute Gasteiger partial charge is 0.272 e. The maximum atomic E-state index is 14.2. The molecule has 13 heteroatoms. The largest absolute Gasteiger partial charge is 0.479 e. The van der Waals surface area contributed by atoms with Gasteiger partial charge < -0.3 is 14.5 Å². The minimum Gasteiger partial charge on any atom is -0.479 e. The number of aromatic nitrogens is 2. The monoisotopic (exact) mass is 463 g/mol. The van der Waals surface area contributed by atoms with Crippen LogP contribution >= 0.6 is 11.6 Å². The van der Waals surface area contributed by atoms with Crippen LogP contribution in [-0.4, -0.2) is 38.5 Å². The average molecular weight is 464 g/mol. The maximum absolute atomic E-state index is 14.2. The summed E-state index contributed by atoms with van der Waals surface area (Å²) in [6.07, 6.45) is -2.87. The number of hydrogen-bond donors (Lipinski definition) is 2. The molecule has 0 spiro atoms. The van der Waals surface area contributed by atoms with E-state index >= 15 is 0 Å². The van der Waals surface area contributed by atoms with Crippen LogP contribution in [-0.2, 0) is 10.0 Å². The van der Waals surface area contributed by atoms with E-state index in [9.17, 15) is 26.4 Å². The van der Waals surface area contributed by atoms with Crippen LogP contribution in [0.15, 0.2) is 40.0 Å². The molecule has 0 amide bonds. The molecular weight excluding hydrogens is 451 g/mol. The Kier molecular flexibility index (Phi) is 6.08. The van der Waals surface area contributed by atoms with Gasteiger partial charge in [-0.15, -0.1) is 0 Å². The summed E-state index contributed by atoms with van der Waals surface area (Å²) in [6.45, 7) is -1.11. The van der Waals surface area contributed by atoms with Crippen molar-refractivity contribution in [2.45, 2.75) is 11.3 Å². The number of ether oxygens (including phenoxy) is 2. The van der Waals surface area contributed by atoms with Crippen LogP contribution in [0.3, 0.4) is 0 Å². The number of halogens is 4. The van der Waals surface area contributed by atoms with E-state index in [-0.39, 0.29) is 15.9 Å². The van der Waals surface area contributed by atoms with Crippen LogP contribution in [0.5, 0.6) is 11.8 Å². The number of benzene rings is 1. The van der Waals surface area contributed by atoms with E-state index in [0.29, 0.717) is 6.07 Å². The second kappa shape index (κ2) is 8.40. The highest BCUT2D eigenvalue weighted by molar-refractivity contribution is 7.93. The standard InChI is InChI=1S/C17H13ClF3N3O5S/c1-28-17-12(5-10(19)16(23-17)29-7-14(20)21)24-30(26,27)13-6-15(25)22-11-4-8(18)2-3-9(11)13/h2-6,14,24H,7H2,1H3,(H,22,25). The molecule has 1 aromatic carbocycles. The molecule has 0 radical (unpaired) electrons. The molecule has 0 aliphatic rings. The number of methoxy groups -OCH3 is 1. The number of nitrogens with one attached hydrogen (secondary N) is 2. The summed E-state index contributed by atoms with van der Waals surface area (Å²) in [5, 5.41) is 0.420. The van der Waals surface area contributed by atoms with Gasteiger partial charge in [-0.05, 0) is 12.1 Å². The molecule has 0 unspecified atom stereocenters. The summed E-state index contributed by atoms with van der Waals surface area (Å²) in [4.78, 5) is 17.5. The molecule has 0 atom stereocenters. The highest BCUT2D eigenvalue weighted by Gasteiger charge is 2.23. The van der Waals surface area contributed by atoms with Crippen LogP contribution in [0.2, 0.25) is 5.02 Å². The molecule has 2 N–H and O–H groups in total. The van der Waals surface area contributed by atoms with Gasteiger partial charge in [0.05, 0.1) is 12.6 Å². The van der Waals surface area contributed by atoms with Crippen molar-refractivity contribution in [3.8, 4) is 11.8 Å². The topological polar surface area (TPSA) is 110 Å². The third kappa shape index (κ3) is 4.60. The van der Waals surface area contributed by atoms with Gasteiger partial charge in [-0.25, -0.2) is 21.6 Å². The second-order valence-corrected chi connectivity index (χ2v) is 7.91. The Morgan fingerprint density at radius 1 is 1.23 bits per heavy atom. The van der Waals surface area contributed by atoms with Crippen LogP contribution in [0.1, 0.15) is 0 Å². The zero-order chi connectivity index (χ0) is 22.1. The molecule has 8 nitrogen and oxygen atoms in total. The number of fused-ring (bicyclic) bond motifs is 1. The van der Waals surface area contributed by atoms with Crippen molar-refractivity contribution in [2.75, 3.05) is 18.4 Å². The normalized spacial score (nSPS) is 11.7. The second-order valence-electron chi connectivity index (χ2n) is 5.83. The van der Waals surface area contributed by atoms with Crippen molar-refractivity contribution in [1.29, 1.82) is 0 Å². The van der Waals surface area contributed by atoms with Crippen molar-refractivity contribution >= 4 is 38.2 Å². The van der Waals surface area contributed by atoms with Gasteiger partial charge in [0.25, 0.3) is 22.3 Å². The molecule has 3 aromatic rings. The van der Waals surface area contributed by atoms with Gasteiger partial charge in [-0.3, -0.25) is 9.52 Å². The number of hydrogen-bond acceptors (Lipinski definition) is 6. The van der Waals surface area contributed by atoms with E-state index in [1.165, 1.54) is 18.2 Å². The Hall–Kier alpha value is -2.99. The fourth-order valence-corrected chi connectivity index (χ4v) is 4.00. The first-order chi connectivity index (χ1) is 14.1. The van der Waals surface area contributed by atoms with E-state index in [2.05, 4.69) is 19.4 Å². The van der Waals surface area contributed by atoms with Crippen molar-refractivity contribution in [2.24, 2.45) is 0 Å². The van der Waals surface area contributed by atoms with E-state index in [1.54, 1.807) is 0 Å². The van der Waals surface area contributed by atoms with Crippen molar-refractivity contribution in [3.05, 3.63) is 51.5 Å². The lowest BCUT2D eigenvalue weighted by molar-refractivity contribution is 0.0770. The van der Waals surface area contributed by atoms with Crippen LogP contribution < -0.4 is 19.8 Å². The van der Waals surface area contributed by atoms with Gasteiger partial charge in [-0.1, -0.05) is 17.7 Å². The van der Waals surface area contributed by atoms with E-state index in [0.717, 1.165) is 13.2 Å². The highest BCUT2D eigenvalue weighted by atomic mass is 35.5. The van der Waals surface area contributed by atoms with Gasteiger partial charge in [0, 0.05) is 22.5 Å². The van der Waals surface area contributed by atoms with Gasteiger partial charge in [0.1, 0.15) is 10.6 Å². The average Bonchev–Trinajstić information content (AvgIpc) is 2.66. The Bertz CT molecular complexity index is 1270. The lowest BCUT2D eigenvalue weighted by Crippen LogP contribution is -2.18. The summed E-state index contributed by atoms with van der Waals surface area (Å²) >= 11 is 5.87. The SMILES string of the molecule is COc1nc(OCC(F)F)c(F)cc1NS(=O)(=O)c1cc(=O)[nH]c2cc(Cl)ccc12. The van der Waals surface area contributed by atoms with E-state index in [4.69, 9.17) is 16.3 Å². The van der Waals surface area contributed by atoms with Gasteiger partial charge in [0.15, 0.2) is 12.4 Å². The number of aromatic amines is 1. The summed E-state index contributed by atoms with van der Waals surface area (Å²) < 4.78 is 76.0. The van der Waals surface area contributed by atoms with Crippen LogP contribution in [0.25, 0.3) is 10.9 Å². The summed E-state index contributed by atoms with van der Waals surface area (Å²) in [7, 11) is -3.31. The third-order valence-corrected chi connectivity index (χ3v) is 5.39. The molecule has 2 aromatic heterocycles. The van der Waals surface area contributed by atoms with E-state index < -0.39 is 56.8 Å². The zero-order valence-corrected chi connectivity index (χ0v) is 16.7. The Morgan fingerprint density at radius 2 is 1.97 bits per heavy atom. The molecule has 3 rings (SSSR count). The summed E-state index contributed by atoms with van der Waals surface area (Å²) in [5.41, 5.74) is -0.971. The number of nitrogens with zero attached hydrogens (tertiary/aromatic N) is 1. The molecule has 0 fully saturated rings. The zero-order valence-electron chi connectivity index (χ0n) is 15.1. The minimum absolute atomic E-state index is 0.149. The number of H-pyrrole nitrogens is 1. The predicted octanol–water partition coefficient (Wildman–Crippen LogP) is 3.17. The molecule has 2 heterocycles. The molecule has 0 saturated carbocycles. The Balaban J connectivity index is 2.05. The first kappa shape index (κ1) is 21.7.